The van der Waals surface area contributed by atoms with Crippen LogP contribution >= 0.6 is 0 Å². The molecule has 2 amide bonds. The smallest absolute Gasteiger partial charge is 0.230 e. The fourth-order valence-corrected chi connectivity index (χ4v) is 6.72. The van der Waals surface area contributed by atoms with Crippen molar-refractivity contribution in [2.24, 2.45) is 0 Å². The van der Waals surface area contributed by atoms with E-state index in [0.717, 1.165) is 37.1 Å². The van der Waals surface area contributed by atoms with Crippen molar-refractivity contribution in [2.75, 3.05) is 26.2 Å². The second-order valence-corrected chi connectivity index (χ2v) is 11.5. The van der Waals surface area contributed by atoms with Crippen molar-refractivity contribution in [3.63, 3.8) is 0 Å². The summed E-state index contributed by atoms with van der Waals surface area (Å²) in [5.41, 5.74) is 2.51. The number of benzene rings is 4. The summed E-state index contributed by atoms with van der Waals surface area (Å²) in [6.45, 7) is 3.42. The summed E-state index contributed by atoms with van der Waals surface area (Å²) in [6, 6.07) is 35.3. The van der Waals surface area contributed by atoms with Gasteiger partial charge in [-0.3, -0.25) is 9.59 Å². The van der Waals surface area contributed by atoms with Gasteiger partial charge in [-0.2, -0.15) is 0 Å². The predicted octanol–water partition coefficient (Wildman–Crippen LogP) is 5.34. The Labute approximate surface area is 236 Å². The number of piperidine rings is 1. The van der Waals surface area contributed by atoms with E-state index in [0.29, 0.717) is 32.5 Å². The molecule has 1 atom stereocenters. The third-order valence-corrected chi connectivity index (χ3v) is 9.02. The van der Waals surface area contributed by atoms with Crippen molar-refractivity contribution in [1.82, 2.24) is 15.5 Å². The Morgan fingerprint density at radius 1 is 0.800 bits per heavy atom. The van der Waals surface area contributed by atoms with Gasteiger partial charge in [0.2, 0.25) is 11.8 Å². The number of nitrogens with zero attached hydrogens (tertiary/aromatic N) is 1. The summed E-state index contributed by atoms with van der Waals surface area (Å²) in [7, 11) is 0. The van der Waals surface area contributed by atoms with Crippen LogP contribution in [0.25, 0.3) is 10.8 Å². The van der Waals surface area contributed by atoms with Crippen LogP contribution in [0.3, 0.4) is 0 Å². The van der Waals surface area contributed by atoms with Gasteiger partial charge in [0.1, 0.15) is 0 Å². The Bertz CT molecular complexity index is 1480. The number of amides is 2. The molecule has 5 nitrogen and oxygen atoms in total. The van der Waals surface area contributed by atoms with Crippen LogP contribution in [0.4, 0.5) is 0 Å². The molecule has 40 heavy (non-hydrogen) atoms. The van der Waals surface area contributed by atoms with Crippen molar-refractivity contribution in [2.45, 2.75) is 43.1 Å². The molecule has 4 aromatic rings. The first-order valence-corrected chi connectivity index (χ1v) is 14.4. The average Bonchev–Trinajstić information content (AvgIpc) is 3.33. The number of carbonyl (C=O) groups is 2. The van der Waals surface area contributed by atoms with E-state index in [4.69, 9.17) is 0 Å². The minimum absolute atomic E-state index is 0.0966. The highest BCUT2D eigenvalue weighted by Gasteiger charge is 2.45. The van der Waals surface area contributed by atoms with Gasteiger partial charge < -0.3 is 15.5 Å². The monoisotopic (exact) mass is 531 g/mol. The van der Waals surface area contributed by atoms with Crippen LogP contribution in [0.1, 0.15) is 42.4 Å². The van der Waals surface area contributed by atoms with Crippen molar-refractivity contribution in [3.8, 4) is 0 Å². The maximum absolute atomic E-state index is 13.9. The molecule has 204 valence electrons. The molecule has 2 aliphatic rings. The Balaban J connectivity index is 1.26. The molecule has 0 aliphatic carbocycles. The molecule has 2 fully saturated rings. The van der Waals surface area contributed by atoms with Crippen LogP contribution in [0.15, 0.2) is 103 Å². The summed E-state index contributed by atoms with van der Waals surface area (Å²) in [6.07, 6.45) is 2.71. The molecular weight excluding hydrogens is 494 g/mol. The standard InChI is InChI=1S/C35H37N3O2/c39-32-24-34(26-38(32)25-27-9-3-1-4-10-27,31-16-15-28-11-7-8-12-29(28)23-31)17-22-37-33(40)35(18-20-36-21-19-35)30-13-5-2-6-14-30/h1-16,23,36H,17-22,24-26H2,(H,37,40). The molecule has 4 aromatic carbocycles. The molecule has 0 spiro atoms. The molecule has 0 aromatic heterocycles. The Morgan fingerprint density at radius 2 is 1.48 bits per heavy atom. The first kappa shape index (κ1) is 26.3. The minimum Gasteiger partial charge on any atom is -0.355 e. The number of nitrogens with one attached hydrogen (secondary N) is 2. The Hall–Kier alpha value is -3.96. The third-order valence-electron chi connectivity index (χ3n) is 9.02. The predicted molar refractivity (Wildman–Crippen MR) is 160 cm³/mol. The van der Waals surface area contributed by atoms with Gasteiger partial charge in [-0.05, 0) is 59.8 Å². The van der Waals surface area contributed by atoms with Gasteiger partial charge in [0.05, 0.1) is 5.41 Å². The zero-order chi connectivity index (χ0) is 27.4. The number of hydrogen-bond donors (Lipinski definition) is 2. The lowest BCUT2D eigenvalue weighted by molar-refractivity contribution is -0.128. The van der Waals surface area contributed by atoms with Crippen molar-refractivity contribution < 1.29 is 9.59 Å². The molecule has 5 heteroatoms. The minimum atomic E-state index is -0.520. The zero-order valence-electron chi connectivity index (χ0n) is 22.9. The lowest BCUT2D eigenvalue weighted by atomic mass is 9.72. The molecular formula is C35H37N3O2. The number of likely N-dealkylation sites (tertiary alicyclic amines) is 1. The highest BCUT2D eigenvalue weighted by atomic mass is 16.2. The summed E-state index contributed by atoms with van der Waals surface area (Å²) in [4.78, 5) is 29.3. The van der Waals surface area contributed by atoms with Crippen molar-refractivity contribution in [3.05, 3.63) is 120 Å². The molecule has 1 unspecified atom stereocenters. The second-order valence-electron chi connectivity index (χ2n) is 11.5. The Kier molecular flexibility index (Phi) is 7.40. The van der Waals surface area contributed by atoms with Crippen molar-refractivity contribution in [1.29, 1.82) is 0 Å². The quantitative estimate of drug-likeness (QED) is 0.323. The SMILES string of the molecule is O=C1CC(CCNC(=O)C2(c3ccccc3)CCNCC2)(c2ccc3ccccc3c2)CN1Cc1ccccc1. The number of hydrogen-bond acceptors (Lipinski definition) is 3. The van der Waals surface area contributed by atoms with Crippen LogP contribution in [-0.2, 0) is 27.0 Å². The molecule has 2 N–H and O–H groups in total. The summed E-state index contributed by atoms with van der Waals surface area (Å²) >= 11 is 0. The largest absolute Gasteiger partial charge is 0.355 e. The maximum atomic E-state index is 13.9. The fourth-order valence-electron chi connectivity index (χ4n) is 6.72. The highest BCUT2D eigenvalue weighted by Crippen LogP contribution is 2.40. The summed E-state index contributed by atoms with van der Waals surface area (Å²) in [5.74, 6) is 0.266. The van der Waals surface area contributed by atoms with E-state index in [9.17, 15) is 9.59 Å². The molecule has 6 rings (SSSR count). The van der Waals surface area contributed by atoms with Crippen LogP contribution in [-0.4, -0.2) is 42.9 Å². The normalized spacial score (nSPS) is 20.5. The van der Waals surface area contributed by atoms with E-state index >= 15 is 0 Å². The molecule has 0 radical (unpaired) electrons. The zero-order valence-corrected chi connectivity index (χ0v) is 22.9. The summed E-state index contributed by atoms with van der Waals surface area (Å²) < 4.78 is 0. The van der Waals surface area contributed by atoms with E-state index in [2.05, 4.69) is 77.4 Å². The fraction of sp³-hybridized carbons (Fsp3) is 0.314. The molecule has 2 heterocycles. The van der Waals surface area contributed by atoms with Gasteiger partial charge in [-0.1, -0.05) is 103 Å². The van der Waals surface area contributed by atoms with Gasteiger partial charge in [0, 0.05) is 31.5 Å². The van der Waals surface area contributed by atoms with Gasteiger partial charge in [-0.25, -0.2) is 0 Å². The number of carbonyl (C=O) groups excluding carboxylic acids is 2. The van der Waals surface area contributed by atoms with E-state index in [1.807, 2.05) is 41.3 Å². The van der Waals surface area contributed by atoms with Crippen LogP contribution in [0.5, 0.6) is 0 Å². The number of fused-ring (bicyclic) bond motifs is 1. The third kappa shape index (κ3) is 5.14. The second kappa shape index (κ2) is 11.3. The topological polar surface area (TPSA) is 61.4 Å². The van der Waals surface area contributed by atoms with Gasteiger partial charge in [-0.15, -0.1) is 0 Å². The van der Waals surface area contributed by atoms with Gasteiger partial charge in [0.15, 0.2) is 0 Å². The van der Waals surface area contributed by atoms with Gasteiger partial charge >= 0.3 is 0 Å². The molecule has 0 bridgehead atoms. The van der Waals surface area contributed by atoms with E-state index < -0.39 is 5.41 Å². The first-order chi connectivity index (χ1) is 19.6. The van der Waals surface area contributed by atoms with Gasteiger partial charge in [0.25, 0.3) is 0 Å². The molecule has 2 saturated heterocycles. The van der Waals surface area contributed by atoms with Crippen LogP contribution in [0.2, 0.25) is 0 Å². The van der Waals surface area contributed by atoms with Crippen molar-refractivity contribution >= 4 is 22.6 Å². The number of rotatable bonds is 8. The van der Waals surface area contributed by atoms with E-state index in [1.54, 1.807) is 0 Å². The Morgan fingerprint density at radius 3 is 2.23 bits per heavy atom. The average molecular weight is 532 g/mol. The van der Waals surface area contributed by atoms with E-state index in [1.165, 1.54) is 16.3 Å². The summed E-state index contributed by atoms with van der Waals surface area (Å²) in [5, 5.41) is 9.11. The molecule has 0 saturated carbocycles. The van der Waals surface area contributed by atoms with E-state index in [-0.39, 0.29) is 17.2 Å². The van der Waals surface area contributed by atoms with Crippen LogP contribution in [0, 0.1) is 0 Å². The first-order valence-electron chi connectivity index (χ1n) is 14.4. The van der Waals surface area contributed by atoms with Crippen LogP contribution < -0.4 is 10.6 Å². The lowest BCUT2D eigenvalue weighted by Crippen LogP contribution is -2.51. The molecule has 2 aliphatic heterocycles. The maximum Gasteiger partial charge on any atom is 0.230 e. The lowest BCUT2D eigenvalue weighted by Gasteiger charge is -2.37. The highest BCUT2D eigenvalue weighted by molar-refractivity contribution is 5.89.